The van der Waals surface area contributed by atoms with Crippen molar-refractivity contribution < 1.29 is 24.3 Å². The molecule has 0 aliphatic rings. The Morgan fingerprint density at radius 2 is 1.75 bits per heavy atom. The first-order valence-electron chi connectivity index (χ1n) is 7.01. The lowest BCUT2D eigenvalue weighted by molar-refractivity contribution is -0.875. The molecule has 0 aromatic heterocycles. The number of nitrogens with zero attached hydrogens (tertiary/aromatic N) is 1. The average molecular weight is 285 g/mol. The number of unbranched alkanes of at least 4 members (excludes halogenated alkanes) is 1. The first-order valence-corrected chi connectivity index (χ1v) is 7.01. The van der Waals surface area contributed by atoms with Crippen molar-refractivity contribution >= 4 is 11.8 Å². The third-order valence-corrected chi connectivity index (χ3v) is 2.85. The van der Waals surface area contributed by atoms with Crippen LogP contribution >= 0.6 is 0 Å². The second-order valence-electron chi connectivity index (χ2n) is 6.25. The number of carboxylic acids is 1. The molecule has 116 valence electrons. The van der Waals surface area contributed by atoms with Crippen LogP contribution in [-0.2, 0) is 9.59 Å². The maximum Gasteiger partial charge on any atom is 0.177 e. The van der Waals surface area contributed by atoms with Crippen LogP contribution < -0.4 is 5.11 Å². The summed E-state index contributed by atoms with van der Waals surface area (Å²) in [5.74, 6) is -1.84. The first kappa shape index (κ1) is 18.8. The summed E-state index contributed by atoms with van der Waals surface area (Å²) in [5.41, 5.74) is -1.85. The van der Waals surface area contributed by atoms with Gasteiger partial charge in [0.15, 0.2) is 11.4 Å². The van der Waals surface area contributed by atoms with E-state index in [0.29, 0.717) is 10.9 Å². The number of rotatable bonds is 10. The smallest absolute Gasteiger partial charge is 0.177 e. The number of hydrogen-bond acceptors (Lipinski definition) is 4. The van der Waals surface area contributed by atoms with Gasteiger partial charge in [0.2, 0.25) is 0 Å². The highest BCUT2D eigenvalue weighted by Crippen LogP contribution is 2.18. The molecule has 20 heavy (non-hydrogen) atoms. The highest BCUT2D eigenvalue weighted by molar-refractivity contribution is 5.90. The number of carboxylic acid groups (broad SMARTS) is 1. The van der Waals surface area contributed by atoms with Gasteiger partial charge < -0.3 is 19.5 Å². The minimum absolute atomic E-state index is 0.0541. The summed E-state index contributed by atoms with van der Waals surface area (Å²) in [4.78, 5) is 22.9. The van der Waals surface area contributed by atoms with Gasteiger partial charge in [-0.3, -0.25) is 4.79 Å². The van der Waals surface area contributed by atoms with Gasteiger partial charge in [-0.1, -0.05) is 25.5 Å². The molecule has 5 heteroatoms. The van der Waals surface area contributed by atoms with Gasteiger partial charge in [0, 0.05) is 18.8 Å². The summed E-state index contributed by atoms with van der Waals surface area (Å²) in [6.45, 7) is 2.12. The fourth-order valence-corrected chi connectivity index (χ4v) is 2.12. The Morgan fingerprint density at radius 1 is 1.20 bits per heavy atom. The third kappa shape index (κ3) is 8.07. The Kier molecular flexibility index (Phi) is 7.68. The second kappa shape index (κ2) is 8.17. The van der Waals surface area contributed by atoms with E-state index in [0.717, 1.165) is 12.8 Å². The molecule has 0 spiro atoms. The molecule has 0 bridgehead atoms. The van der Waals surface area contributed by atoms with Gasteiger partial charge in [-0.2, -0.15) is 0 Å². The number of aliphatic carboxylic acids is 1. The Balaban J connectivity index is 4.68. The number of ketones is 1. The Labute approximate surface area is 121 Å². The number of carbonyl (C=O) groups is 2. The molecule has 5 nitrogen and oxygen atoms in total. The maximum atomic E-state index is 12.1. The molecule has 0 saturated heterocycles. The highest BCUT2D eigenvalue weighted by Gasteiger charge is 2.40. The van der Waals surface area contributed by atoms with E-state index in [2.05, 4.69) is 6.92 Å². The van der Waals surface area contributed by atoms with Crippen molar-refractivity contribution in [3.8, 4) is 0 Å². The molecule has 1 N–H and O–H groups in total. The van der Waals surface area contributed by atoms with Crippen LogP contribution in [0, 0.1) is 0 Å². The number of Topliss-reactive ketones (excluding diaryl/α,β-unsaturated/α-hetero) is 1. The van der Waals surface area contributed by atoms with Crippen molar-refractivity contribution in [2.24, 2.45) is 0 Å². The maximum absolute atomic E-state index is 12.1. The number of likely N-dealkylation sites (N-methyl/N-ethyl adjacent to an activating group) is 1. The summed E-state index contributed by atoms with van der Waals surface area (Å²) < 4.78 is 0.307. The lowest BCUT2D eigenvalue weighted by Gasteiger charge is -2.34. The summed E-state index contributed by atoms with van der Waals surface area (Å²) in [5, 5.41) is 21.2. The Morgan fingerprint density at radius 3 is 2.20 bits per heavy atom. The molecule has 0 aromatic rings. The summed E-state index contributed by atoms with van der Waals surface area (Å²) >= 11 is 0. The molecule has 0 heterocycles. The van der Waals surface area contributed by atoms with Crippen molar-refractivity contribution in [2.45, 2.75) is 44.6 Å². The minimum atomic E-state index is -1.85. The summed E-state index contributed by atoms with van der Waals surface area (Å²) in [7, 11) is 5.40. The third-order valence-electron chi connectivity index (χ3n) is 2.85. The van der Waals surface area contributed by atoms with Gasteiger partial charge in [0.05, 0.1) is 21.1 Å². The molecule has 0 aliphatic carbocycles. The van der Waals surface area contributed by atoms with Crippen molar-refractivity contribution in [3.63, 3.8) is 0 Å². The normalized spacial score (nSPS) is 15.2. The van der Waals surface area contributed by atoms with Gasteiger partial charge in [0.1, 0.15) is 6.54 Å². The lowest BCUT2D eigenvalue weighted by atomic mass is 9.90. The van der Waals surface area contributed by atoms with Gasteiger partial charge in [-0.15, -0.1) is 0 Å². The van der Waals surface area contributed by atoms with E-state index >= 15 is 0 Å². The molecule has 1 unspecified atom stereocenters. The number of carbonyl (C=O) groups excluding carboxylic acids is 2. The quantitative estimate of drug-likeness (QED) is 0.462. The van der Waals surface area contributed by atoms with E-state index in [1.54, 1.807) is 21.1 Å². The van der Waals surface area contributed by atoms with E-state index in [-0.39, 0.29) is 13.0 Å². The van der Waals surface area contributed by atoms with Crippen LogP contribution in [0.2, 0.25) is 0 Å². The van der Waals surface area contributed by atoms with Gasteiger partial charge in [0.25, 0.3) is 0 Å². The molecular weight excluding hydrogens is 258 g/mol. The first-order chi connectivity index (χ1) is 9.10. The SMILES string of the molecule is CCC/C=C/CCC(=O)C(O)(CC(=O)[O-])C[N+](C)(C)C. The number of allylic oxidation sites excluding steroid dienone is 2. The van der Waals surface area contributed by atoms with Crippen LogP contribution in [0.1, 0.15) is 39.0 Å². The zero-order valence-corrected chi connectivity index (χ0v) is 13.0. The fourth-order valence-electron chi connectivity index (χ4n) is 2.12. The molecule has 0 radical (unpaired) electrons. The van der Waals surface area contributed by atoms with E-state index in [9.17, 15) is 19.8 Å². The topological polar surface area (TPSA) is 77.4 Å². The predicted octanol–water partition coefficient (Wildman–Crippen LogP) is 0.269. The predicted molar refractivity (Wildman–Crippen MR) is 75.8 cm³/mol. The fraction of sp³-hybridized carbons (Fsp3) is 0.733. The van der Waals surface area contributed by atoms with Crippen molar-refractivity contribution in [1.29, 1.82) is 0 Å². The standard InChI is InChI=1S/C15H27NO4/c1-5-6-7-8-9-10-13(17)15(20,11-14(18)19)12-16(2,3)4/h7-8,20H,5-6,9-12H2,1-4H3/b8-7+. The van der Waals surface area contributed by atoms with Crippen LogP contribution in [0.15, 0.2) is 12.2 Å². The minimum Gasteiger partial charge on any atom is -0.550 e. The van der Waals surface area contributed by atoms with E-state index in [1.165, 1.54) is 0 Å². The zero-order valence-electron chi connectivity index (χ0n) is 13.0. The van der Waals surface area contributed by atoms with E-state index in [4.69, 9.17) is 0 Å². The van der Waals surface area contributed by atoms with Crippen molar-refractivity contribution in [1.82, 2.24) is 0 Å². The molecule has 0 amide bonds. The number of hydrogen-bond donors (Lipinski definition) is 1. The summed E-state index contributed by atoms with van der Waals surface area (Å²) in [6, 6.07) is 0. The van der Waals surface area contributed by atoms with Crippen molar-refractivity contribution in [3.05, 3.63) is 12.2 Å². The zero-order chi connectivity index (χ0) is 15.8. The molecule has 0 aliphatic heterocycles. The van der Waals surface area contributed by atoms with Crippen LogP contribution in [-0.4, -0.2) is 54.6 Å². The molecule has 0 aromatic carbocycles. The summed E-state index contributed by atoms with van der Waals surface area (Å²) in [6.07, 6.45) is 5.89. The monoisotopic (exact) mass is 285 g/mol. The number of aliphatic hydroxyl groups is 1. The number of quaternary nitrogens is 1. The van der Waals surface area contributed by atoms with Crippen LogP contribution in [0.25, 0.3) is 0 Å². The largest absolute Gasteiger partial charge is 0.550 e. The molecule has 0 fully saturated rings. The average Bonchev–Trinajstić information content (AvgIpc) is 2.24. The highest BCUT2D eigenvalue weighted by atomic mass is 16.4. The lowest BCUT2D eigenvalue weighted by Crippen LogP contribution is -2.56. The van der Waals surface area contributed by atoms with Crippen LogP contribution in [0.5, 0.6) is 0 Å². The Bertz CT molecular complexity index is 357. The van der Waals surface area contributed by atoms with Crippen molar-refractivity contribution in [2.75, 3.05) is 27.7 Å². The molecule has 1 atom stereocenters. The van der Waals surface area contributed by atoms with Crippen LogP contribution in [0.4, 0.5) is 0 Å². The van der Waals surface area contributed by atoms with Gasteiger partial charge in [-0.25, -0.2) is 0 Å². The second-order valence-corrected chi connectivity index (χ2v) is 6.25. The van der Waals surface area contributed by atoms with Crippen LogP contribution in [0.3, 0.4) is 0 Å². The molecular formula is C15H27NO4. The Hall–Kier alpha value is -1.20. The van der Waals surface area contributed by atoms with Gasteiger partial charge >= 0.3 is 0 Å². The van der Waals surface area contributed by atoms with E-state index < -0.39 is 23.8 Å². The molecule has 0 saturated carbocycles. The molecule has 0 rings (SSSR count). The van der Waals surface area contributed by atoms with E-state index in [1.807, 2.05) is 12.2 Å². The van der Waals surface area contributed by atoms with Gasteiger partial charge in [-0.05, 0) is 12.8 Å².